The quantitative estimate of drug-likeness (QED) is 0.836. The molecule has 1 saturated heterocycles. The molecule has 0 atom stereocenters. The lowest BCUT2D eigenvalue weighted by molar-refractivity contribution is 0.358. The van der Waals surface area contributed by atoms with Crippen molar-refractivity contribution in [3.8, 4) is 0 Å². The third-order valence-electron chi connectivity index (χ3n) is 4.76. The van der Waals surface area contributed by atoms with Crippen molar-refractivity contribution in [2.24, 2.45) is 0 Å². The van der Waals surface area contributed by atoms with Gasteiger partial charge in [-0.05, 0) is 12.8 Å². The van der Waals surface area contributed by atoms with Gasteiger partial charge in [-0.25, -0.2) is 14.6 Å². The largest absolute Gasteiger partial charge is 0.356 e. The third-order valence-corrected chi connectivity index (χ3v) is 4.76. The van der Waals surface area contributed by atoms with Gasteiger partial charge in [-0.15, -0.1) is 5.10 Å². The zero-order chi connectivity index (χ0) is 18.2. The van der Waals surface area contributed by atoms with Gasteiger partial charge in [-0.1, -0.05) is 46.8 Å². The molecule has 2 aromatic heterocycles. The Morgan fingerprint density at radius 3 is 2.16 bits per heavy atom. The smallest absolute Gasteiger partial charge is 0.136 e. The Kier molecular flexibility index (Phi) is 4.56. The minimum absolute atomic E-state index is 0.0107. The summed E-state index contributed by atoms with van der Waals surface area (Å²) in [5.41, 5.74) is 1.06. The Morgan fingerprint density at radius 2 is 1.64 bits per heavy atom. The van der Waals surface area contributed by atoms with E-state index in [2.05, 4.69) is 62.8 Å². The van der Waals surface area contributed by atoms with Gasteiger partial charge in [0.2, 0.25) is 0 Å². The van der Waals surface area contributed by atoms with E-state index in [0.717, 1.165) is 43.3 Å². The maximum Gasteiger partial charge on any atom is 0.136 e. The van der Waals surface area contributed by atoms with E-state index >= 15 is 0 Å². The van der Waals surface area contributed by atoms with Crippen LogP contribution in [-0.2, 0) is 10.8 Å². The zero-order valence-corrected chi connectivity index (χ0v) is 16.3. The third kappa shape index (κ3) is 3.99. The van der Waals surface area contributed by atoms with Gasteiger partial charge in [0.1, 0.15) is 11.6 Å². The van der Waals surface area contributed by atoms with Crippen molar-refractivity contribution in [1.82, 2.24) is 25.0 Å². The Bertz CT molecular complexity index is 668. The SMILES string of the molecule is CC(C)(C)c1cc(N2CCC(n3ccnn3)CC2)nc(C(C)(C)C)n1. The molecular weight excluding hydrogens is 312 g/mol. The van der Waals surface area contributed by atoms with Crippen molar-refractivity contribution < 1.29 is 0 Å². The predicted molar refractivity (Wildman–Crippen MR) is 99.9 cm³/mol. The molecule has 3 heterocycles. The molecule has 0 amide bonds. The molecule has 0 radical (unpaired) electrons. The van der Waals surface area contributed by atoms with Crippen molar-refractivity contribution in [2.75, 3.05) is 18.0 Å². The highest BCUT2D eigenvalue weighted by molar-refractivity contribution is 5.42. The molecule has 0 saturated carbocycles. The summed E-state index contributed by atoms with van der Waals surface area (Å²) in [6.07, 6.45) is 5.83. The van der Waals surface area contributed by atoms with Gasteiger partial charge in [0.15, 0.2) is 0 Å². The molecule has 0 aromatic carbocycles. The first-order valence-electron chi connectivity index (χ1n) is 9.15. The summed E-state index contributed by atoms with van der Waals surface area (Å²) >= 11 is 0. The van der Waals surface area contributed by atoms with E-state index in [-0.39, 0.29) is 10.8 Å². The fourth-order valence-electron chi connectivity index (χ4n) is 3.09. The molecule has 6 heteroatoms. The Balaban J connectivity index is 1.84. The fourth-order valence-corrected chi connectivity index (χ4v) is 3.09. The van der Waals surface area contributed by atoms with Gasteiger partial charge >= 0.3 is 0 Å². The minimum atomic E-state index is -0.0605. The van der Waals surface area contributed by atoms with Crippen LogP contribution in [0.4, 0.5) is 5.82 Å². The average Bonchev–Trinajstić information content (AvgIpc) is 3.07. The number of nitrogens with zero attached hydrogens (tertiary/aromatic N) is 6. The van der Waals surface area contributed by atoms with Crippen LogP contribution in [0.25, 0.3) is 0 Å². The number of piperidine rings is 1. The molecule has 6 nitrogen and oxygen atoms in total. The van der Waals surface area contributed by atoms with E-state index in [4.69, 9.17) is 9.97 Å². The van der Waals surface area contributed by atoms with E-state index in [1.54, 1.807) is 6.20 Å². The second-order valence-electron chi connectivity index (χ2n) is 9.04. The van der Waals surface area contributed by atoms with Gasteiger partial charge < -0.3 is 4.90 Å². The molecule has 1 fully saturated rings. The van der Waals surface area contributed by atoms with E-state index in [9.17, 15) is 0 Å². The molecule has 0 aliphatic carbocycles. The summed E-state index contributed by atoms with van der Waals surface area (Å²) in [6.45, 7) is 15.1. The van der Waals surface area contributed by atoms with E-state index in [1.807, 2.05) is 10.9 Å². The van der Waals surface area contributed by atoms with Gasteiger partial charge in [-0.3, -0.25) is 0 Å². The highest BCUT2D eigenvalue weighted by atomic mass is 15.4. The van der Waals surface area contributed by atoms with E-state index in [1.165, 1.54) is 0 Å². The van der Waals surface area contributed by atoms with Crippen LogP contribution in [-0.4, -0.2) is 38.1 Å². The second-order valence-corrected chi connectivity index (χ2v) is 9.04. The fraction of sp³-hybridized carbons (Fsp3) is 0.684. The van der Waals surface area contributed by atoms with Crippen molar-refractivity contribution in [3.05, 3.63) is 30.0 Å². The molecule has 0 N–H and O–H groups in total. The standard InChI is InChI=1S/C19H30N6/c1-18(2,3)15-13-16(22-17(21-15)19(4,5)6)24-10-7-14(8-11-24)25-12-9-20-23-25/h9,12-14H,7-8,10-11H2,1-6H3. The molecule has 1 aliphatic rings. The van der Waals surface area contributed by atoms with Crippen LogP contribution in [0, 0.1) is 0 Å². The van der Waals surface area contributed by atoms with Crippen LogP contribution >= 0.6 is 0 Å². The second kappa shape index (κ2) is 6.39. The zero-order valence-electron chi connectivity index (χ0n) is 16.3. The molecule has 3 rings (SSSR count). The summed E-state index contributed by atoms with van der Waals surface area (Å²) in [7, 11) is 0. The normalized spacial score (nSPS) is 17.1. The number of rotatable bonds is 2. The monoisotopic (exact) mass is 342 g/mol. The first kappa shape index (κ1) is 17.8. The maximum atomic E-state index is 4.91. The summed E-state index contributed by atoms with van der Waals surface area (Å²) in [4.78, 5) is 12.2. The molecule has 136 valence electrons. The highest BCUT2D eigenvalue weighted by Crippen LogP contribution is 2.30. The van der Waals surface area contributed by atoms with Crippen molar-refractivity contribution >= 4 is 5.82 Å². The lowest BCUT2D eigenvalue weighted by atomic mass is 9.90. The van der Waals surface area contributed by atoms with Crippen LogP contribution < -0.4 is 4.90 Å². The van der Waals surface area contributed by atoms with Crippen molar-refractivity contribution in [2.45, 2.75) is 71.3 Å². The molecule has 0 bridgehead atoms. The molecule has 2 aromatic rings. The minimum Gasteiger partial charge on any atom is -0.356 e. The Labute approximate surface area is 150 Å². The van der Waals surface area contributed by atoms with Gasteiger partial charge in [0.25, 0.3) is 0 Å². The van der Waals surface area contributed by atoms with Crippen LogP contribution in [0.15, 0.2) is 18.5 Å². The van der Waals surface area contributed by atoms with E-state index in [0.29, 0.717) is 6.04 Å². The Hall–Kier alpha value is -1.98. The van der Waals surface area contributed by atoms with Gasteiger partial charge in [-0.2, -0.15) is 0 Å². The molecule has 0 spiro atoms. The first-order valence-corrected chi connectivity index (χ1v) is 9.15. The molecular formula is C19H30N6. The Morgan fingerprint density at radius 1 is 0.960 bits per heavy atom. The summed E-state index contributed by atoms with van der Waals surface area (Å²) in [5, 5.41) is 8.08. The highest BCUT2D eigenvalue weighted by Gasteiger charge is 2.27. The van der Waals surface area contributed by atoms with Crippen LogP contribution in [0.3, 0.4) is 0 Å². The molecule has 25 heavy (non-hydrogen) atoms. The predicted octanol–water partition coefficient (Wildman–Crippen LogP) is 3.50. The lowest BCUT2D eigenvalue weighted by Gasteiger charge is -2.34. The van der Waals surface area contributed by atoms with Crippen LogP contribution in [0.5, 0.6) is 0 Å². The van der Waals surface area contributed by atoms with Crippen LogP contribution in [0.2, 0.25) is 0 Å². The van der Waals surface area contributed by atoms with Crippen molar-refractivity contribution in [1.29, 1.82) is 0 Å². The van der Waals surface area contributed by atoms with E-state index < -0.39 is 0 Å². The summed E-state index contributed by atoms with van der Waals surface area (Å²) in [6, 6.07) is 2.61. The molecule has 0 unspecified atom stereocenters. The van der Waals surface area contributed by atoms with Gasteiger partial charge in [0, 0.05) is 36.2 Å². The summed E-state index contributed by atoms with van der Waals surface area (Å²) < 4.78 is 1.98. The number of aromatic nitrogens is 5. The number of hydrogen-bond donors (Lipinski definition) is 0. The molecule has 1 aliphatic heterocycles. The van der Waals surface area contributed by atoms with Gasteiger partial charge in [0.05, 0.1) is 17.9 Å². The maximum absolute atomic E-state index is 4.91. The van der Waals surface area contributed by atoms with Crippen molar-refractivity contribution in [3.63, 3.8) is 0 Å². The van der Waals surface area contributed by atoms with Crippen LogP contribution in [0.1, 0.15) is 71.9 Å². The lowest BCUT2D eigenvalue weighted by Crippen LogP contribution is -2.36. The summed E-state index contributed by atoms with van der Waals surface area (Å²) in [5.74, 6) is 1.98. The first-order chi connectivity index (χ1) is 11.6. The number of anilines is 1. The average molecular weight is 342 g/mol. The number of hydrogen-bond acceptors (Lipinski definition) is 5. The topological polar surface area (TPSA) is 59.7 Å².